The van der Waals surface area contributed by atoms with Gasteiger partial charge in [-0.1, -0.05) is 91.0 Å². The molecule has 4 heterocycles. The van der Waals surface area contributed by atoms with E-state index in [0.29, 0.717) is 0 Å². The van der Waals surface area contributed by atoms with Gasteiger partial charge >= 0.3 is 0 Å². The van der Waals surface area contributed by atoms with Crippen LogP contribution in [0.15, 0.2) is 176 Å². The summed E-state index contributed by atoms with van der Waals surface area (Å²) in [7, 11) is 0. The Bertz CT molecular complexity index is 3310. The third kappa shape index (κ3) is 4.30. The molecule has 0 fully saturated rings. The minimum Gasteiger partial charge on any atom is -0.310 e. The molecule has 0 aliphatic carbocycles. The van der Waals surface area contributed by atoms with Gasteiger partial charge in [0.1, 0.15) is 0 Å². The van der Waals surface area contributed by atoms with Crippen LogP contribution in [0.3, 0.4) is 0 Å². The molecule has 0 saturated heterocycles. The van der Waals surface area contributed by atoms with Crippen LogP contribution in [-0.2, 0) is 0 Å². The second-order valence-corrected chi connectivity index (χ2v) is 14.0. The van der Waals surface area contributed by atoms with Gasteiger partial charge in [-0.05, 0) is 110 Å². The average molecular weight is 694 g/mol. The second kappa shape index (κ2) is 11.7. The molecule has 5 heteroatoms. The normalized spacial score (nSPS) is 12.7. The molecule has 0 aliphatic heterocycles. The molecule has 7 aromatic carbocycles. The van der Waals surface area contributed by atoms with Crippen molar-refractivity contribution in [2.75, 3.05) is 0 Å². The van der Waals surface area contributed by atoms with E-state index in [-0.39, 0.29) is 0 Å². The molecule has 0 N–H and O–H groups in total. The molecule has 256 valence electrons. The van der Waals surface area contributed by atoms with Gasteiger partial charge in [0.2, 0.25) is 5.78 Å². The van der Waals surface area contributed by atoms with Crippen molar-refractivity contribution in [2.45, 2.75) is 13.8 Å². The Morgan fingerprint density at radius 1 is 0.463 bits per heavy atom. The van der Waals surface area contributed by atoms with Crippen molar-refractivity contribution < 1.29 is 0 Å². The summed E-state index contributed by atoms with van der Waals surface area (Å²) in [5.74, 6) is 0.908. The Kier molecular flexibility index (Phi) is 6.61. The summed E-state index contributed by atoms with van der Waals surface area (Å²) >= 11 is 0. The Labute approximate surface area is 311 Å². The van der Waals surface area contributed by atoms with Gasteiger partial charge in [-0.3, -0.25) is 8.97 Å². The third-order valence-corrected chi connectivity index (χ3v) is 11.0. The van der Waals surface area contributed by atoms with Crippen LogP contribution in [0.1, 0.15) is 13.8 Å². The van der Waals surface area contributed by atoms with Gasteiger partial charge in [0.05, 0.1) is 44.1 Å². The van der Waals surface area contributed by atoms with Crippen LogP contribution >= 0.6 is 0 Å². The maximum Gasteiger partial charge on any atom is 0.220 e. The molecule has 0 spiro atoms. The number of hydrogen-bond donors (Lipinski definition) is 0. The first-order chi connectivity index (χ1) is 26.7. The number of aromatic nitrogens is 5. The van der Waals surface area contributed by atoms with Crippen LogP contribution in [0.4, 0.5) is 0 Å². The predicted molar refractivity (Wildman–Crippen MR) is 227 cm³/mol. The fraction of sp³-hybridized carbons (Fsp3) is 0.0408. The molecule has 11 rings (SSSR count). The number of para-hydroxylation sites is 6. The fourth-order valence-corrected chi connectivity index (χ4v) is 8.71. The first kappa shape index (κ1) is 30.5. The van der Waals surface area contributed by atoms with Crippen LogP contribution in [0, 0.1) is 0 Å². The lowest BCUT2D eigenvalue weighted by Crippen LogP contribution is -1.97. The predicted octanol–water partition coefficient (Wildman–Crippen LogP) is 12.7. The summed E-state index contributed by atoms with van der Waals surface area (Å²) in [5, 5.41) is 4.93. The Morgan fingerprint density at radius 2 is 1.07 bits per heavy atom. The molecule has 0 bridgehead atoms. The van der Waals surface area contributed by atoms with E-state index in [1.807, 2.05) is 0 Å². The number of imidazole rings is 2. The van der Waals surface area contributed by atoms with E-state index in [1.165, 1.54) is 49.2 Å². The number of hydrogen-bond acceptors (Lipinski definition) is 1. The van der Waals surface area contributed by atoms with E-state index in [2.05, 4.69) is 208 Å². The SMILES string of the molecule is C/C=C\C(=C/C)n1c2ccc(-c3cccc(-n4c5ccccc5c5ccccc54)c3)cc2c2cc(-n3c4ccccc4n4c5ccccc5nc34)ccc21. The number of nitrogens with zero attached hydrogens (tertiary/aromatic N) is 5. The van der Waals surface area contributed by atoms with Crippen molar-refractivity contribution in [3.05, 3.63) is 176 Å². The van der Waals surface area contributed by atoms with E-state index in [0.717, 1.165) is 50.4 Å². The van der Waals surface area contributed by atoms with Crippen LogP contribution in [0.2, 0.25) is 0 Å². The molecule has 0 saturated carbocycles. The van der Waals surface area contributed by atoms with Crippen molar-refractivity contribution in [1.29, 1.82) is 0 Å². The zero-order valence-electron chi connectivity index (χ0n) is 30.0. The monoisotopic (exact) mass is 693 g/mol. The van der Waals surface area contributed by atoms with E-state index >= 15 is 0 Å². The zero-order valence-corrected chi connectivity index (χ0v) is 30.0. The Balaban J connectivity index is 1.15. The third-order valence-electron chi connectivity index (χ3n) is 11.0. The molecular weight excluding hydrogens is 659 g/mol. The first-order valence-corrected chi connectivity index (χ1v) is 18.6. The highest BCUT2D eigenvalue weighted by Gasteiger charge is 2.20. The molecule has 11 aromatic rings. The summed E-state index contributed by atoms with van der Waals surface area (Å²) in [6, 6.07) is 57.1. The highest BCUT2D eigenvalue weighted by Crippen LogP contribution is 2.39. The quantitative estimate of drug-likeness (QED) is 0.165. The highest BCUT2D eigenvalue weighted by atomic mass is 15.2. The summed E-state index contributed by atoms with van der Waals surface area (Å²) in [6.45, 7) is 4.19. The number of benzene rings is 7. The molecule has 0 amide bonds. The summed E-state index contributed by atoms with van der Waals surface area (Å²) < 4.78 is 9.37. The summed E-state index contributed by atoms with van der Waals surface area (Å²) in [6.07, 6.45) is 6.49. The average Bonchev–Trinajstić information content (AvgIpc) is 3.95. The molecular formula is C49H35N5. The minimum atomic E-state index is 0.908. The van der Waals surface area contributed by atoms with Gasteiger partial charge in [0, 0.05) is 38.6 Å². The maximum absolute atomic E-state index is 5.16. The molecule has 5 nitrogen and oxygen atoms in total. The number of allylic oxidation sites excluding steroid dienone is 4. The Morgan fingerprint density at radius 3 is 1.81 bits per heavy atom. The van der Waals surface area contributed by atoms with Crippen LogP contribution in [0.5, 0.6) is 0 Å². The van der Waals surface area contributed by atoms with E-state index in [9.17, 15) is 0 Å². The van der Waals surface area contributed by atoms with Gasteiger partial charge in [0.25, 0.3) is 0 Å². The van der Waals surface area contributed by atoms with Crippen molar-refractivity contribution in [3.63, 3.8) is 0 Å². The molecule has 0 aliphatic rings. The van der Waals surface area contributed by atoms with Gasteiger partial charge in [-0.2, -0.15) is 0 Å². The number of fused-ring (bicyclic) bond motifs is 11. The zero-order chi connectivity index (χ0) is 35.9. The van der Waals surface area contributed by atoms with E-state index in [1.54, 1.807) is 0 Å². The largest absolute Gasteiger partial charge is 0.310 e. The smallest absolute Gasteiger partial charge is 0.220 e. The summed E-state index contributed by atoms with van der Waals surface area (Å²) in [4.78, 5) is 5.16. The summed E-state index contributed by atoms with van der Waals surface area (Å²) in [5.41, 5.74) is 14.8. The van der Waals surface area contributed by atoms with Crippen molar-refractivity contribution in [3.8, 4) is 22.5 Å². The Hall–Kier alpha value is -7.11. The number of rotatable bonds is 5. The topological polar surface area (TPSA) is 32.1 Å². The van der Waals surface area contributed by atoms with Crippen LogP contribution in [0.25, 0.3) is 99.7 Å². The highest BCUT2D eigenvalue weighted by molar-refractivity contribution is 6.13. The molecule has 4 aromatic heterocycles. The van der Waals surface area contributed by atoms with Gasteiger partial charge in [-0.25, -0.2) is 4.98 Å². The lowest BCUT2D eigenvalue weighted by Gasteiger charge is -2.11. The van der Waals surface area contributed by atoms with Crippen LogP contribution < -0.4 is 0 Å². The van der Waals surface area contributed by atoms with E-state index in [4.69, 9.17) is 4.98 Å². The molecule has 0 unspecified atom stereocenters. The van der Waals surface area contributed by atoms with Crippen molar-refractivity contribution >= 4 is 77.2 Å². The van der Waals surface area contributed by atoms with Gasteiger partial charge in [0.15, 0.2) is 0 Å². The molecule has 0 atom stereocenters. The standard InChI is InChI=1S/C49H35N5/c1-3-14-34(4-2)51-44-27-25-33(32-15-13-16-35(29-32)52-42-20-8-5-17-37(42)38-18-6-9-21-43(38)52)30-39(44)40-31-36(26-28-45(40)51)53-47-23-11-12-24-48(47)54-46-22-10-7-19-41(46)50-49(53)54/h3-31H,1-2H3/b14-3-,34-4+. The lowest BCUT2D eigenvalue weighted by atomic mass is 10.0. The van der Waals surface area contributed by atoms with Crippen molar-refractivity contribution in [1.82, 2.24) is 23.1 Å². The second-order valence-electron chi connectivity index (χ2n) is 14.0. The first-order valence-electron chi connectivity index (χ1n) is 18.6. The van der Waals surface area contributed by atoms with Gasteiger partial charge in [-0.15, -0.1) is 0 Å². The van der Waals surface area contributed by atoms with Gasteiger partial charge < -0.3 is 9.13 Å². The van der Waals surface area contributed by atoms with Crippen molar-refractivity contribution in [2.24, 2.45) is 0 Å². The maximum atomic E-state index is 5.16. The fourth-order valence-electron chi connectivity index (χ4n) is 8.71. The minimum absolute atomic E-state index is 0.908. The van der Waals surface area contributed by atoms with Crippen LogP contribution in [-0.4, -0.2) is 23.1 Å². The van der Waals surface area contributed by atoms with E-state index < -0.39 is 0 Å². The lowest BCUT2D eigenvalue weighted by molar-refractivity contribution is 1.11. The molecule has 54 heavy (non-hydrogen) atoms. The molecule has 0 radical (unpaired) electrons.